The Morgan fingerprint density at radius 1 is 1.18 bits per heavy atom. The SMILES string of the molecule is CC1NCCN(C(=O)CNC(=O)CC2CCCCC2)C1C.Cl. The molecule has 2 fully saturated rings. The summed E-state index contributed by atoms with van der Waals surface area (Å²) in [6.45, 7) is 5.84. The zero-order chi connectivity index (χ0) is 15.2. The second-order valence-corrected chi connectivity index (χ2v) is 6.56. The highest BCUT2D eigenvalue weighted by Crippen LogP contribution is 2.25. The number of carbonyl (C=O) groups excluding carboxylic acids is 2. The lowest BCUT2D eigenvalue weighted by Crippen LogP contribution is -2.58. The number of nitrogens with one attached hydrogen (secondary N) is 2. The van der Waals surface area contributed by atoms with Gasteiger partial charge in [-0.05, 0) is 32.6 Å². The number of amides is 2. The van der Waals surface area contributed by atoms with Crippen LogP contribution in [0.25, 0.3) is 0 Å². The summed E-state index contributed by atoms with van der Waals surface area (Å²) in [7, 11) is 0. The number of rotatable bonds is 4. The highest BCUT2D eigenvalue weighted by molar-refractivity contribution is 5.85. The number of hydrogen-bond donors (Lipinski definition) is 2. The minimum Gasteiger partial charge on any atom is -0.347 e. The summed E-state index contributed by atoms with van der Waals surface area (Å²) in [6, 6.07) is 0.488. The third kappa shape index (κ3) is 5.43. The Labute approximate surface area is 140 Å². The van der Waals surface area contributed by atoms with Gasteiger partial charge in [0.05, 0.1) is 6.54 Å². The number of carbonyl (C=O) groups is 2. The molecule has 0 radical (unpaired) electrons. The first-order valence-electron chi connectivity index (χ1n) is 8.37. The van der Waals surface area contributed by atoms with Gasteiger partial charge >= 0.3 is 0 Å². The summed E-state index contributed by atoms with van der Waals surface area (Å²) in [4.78, 5) is 26.1. The monoisotopic (exact) mass is 331 g/mol. The molecule has 2 rings (SSSR count). The lowest BCUT2D eigenvalue weighted by Gasteiger charge is -2.38. The fraction of sp³-hybridized carbons (Fsp3) is 0.875. The van der Waals surface area contributed by atoms with Crippen molar-refractivity contribution in [3.63, 3.8) is 0 Å². The third-order valence-electron chi connectivity index (χ3n) is 4.99. The molecular weight excluding hydrogens is 302 g/mol. The number of hydrogen-bond acceptors (Lipinski definition) is 3. The van der Waals surface area contributed by atoms with E-state index in [4.69, 9.17) is 0 Å². The van der Waals surface area contributed by atoms with Crippen molar-refractivity contribution in [2.24, 2.45) is 5.92 Å². The largest absolute Gasteiger partial charge is 0.347 e. The van der Waals surface area contributed by atoms with Crippen molar-refractivity contribution in [3.8, 4) is 0 Å². The van der Waals surface area contributed by atoms with Gasteiger partial charge in [0.2, 0.25) is 11.8 Å². The molecule has 0 aromatic rings. The van der Waals surface area contributed by atoms with Gasteiger partial charge in [0, 0.05) is 31.6 Å². The Balaban J connectivity index is 0.00000242. The Morgan fingerprint density at radius 3 is 2.55 bits per heavy atom. The van der Waals surface area contributed by atoms with Gasteiger partial charge < -0.3 is 15.5 Å². The molecule has 2 amide bonds. The van der Waals surface area contributed by atoms with E-state index in [1.807, 2.05) is 4.90 Å². The topological polar surface area (TPSA) is 61.4 Å². The molecule has 2 N–H and O–H groups in total. The molecule has 1 aliphatic carbocycles. The van der Waals surface area contributed by atoms with E-state index in [1.54, 1.807) is 0 Å². The third-order valence-corrected chi connectivity index (χ3v) is 4.99. The van der Waals surface area contributed by atoms with Crippen molar-refractivity contribution < 1.29 is 9.59 Å². The van der Waals surface area contributed by atoms with Crippen LogP contribution >= 0.6 is 12.4 Å². The summed E-state index contributed by atoms with van der Waals surface area (Å²) >= 11 is 0. The lowest BCUT2D eigenvalue weighted by molar-refractivity contribution is -0.136. The van der Waals surface area contributed by atoms with Gasteiger partial charge in [0.15, 0.2) is 0 Å². The maximum absolute atomic E-state index is 12.2. The van der Waals surface area contributed by atoms with Crippen LogP contribution in [0.15, 0.2) is 0 Å². The van der Waals surface area contributed by atoms with Gasteiger partial charge in [0.25, 0.3) is 0 Å². The smallest absolute Gasteiger partial charge is 0.242 e. The van der Waals surface area contributed by atoms with E-state index in [9.17, 15) is 9.59 Å². The van der Waals surface area contributed by atoms with Crippen molar-refractivity contribution >= 4 is 24.2 Å². The second-order valence-electron chi connectivity index (χ2n) is 6.56. The molecule has 2 atom stereocenters. The number of halogens is 1. The van der Waals surface area contributed by atoms with E-state index < -0.39 is 0 Å². The molecule has 1 heterocycles. The van der Waals surface area contributed by atoms with E-state index in [1.165, 1.54) is 19.3 Å². The Hall–Kier alpha value is -0.810. The van der Waals surface area contributed by atoms with Crippen LogP contribution in [-0.2, 0) is 9.59 Å². The summed E-state index contributed by atoms with van der Waals surface area (Å²) < 4.78 is 0. The fourth-order valence-electron chi connectivity index (χ4n) is 3.41. The minimum absolute atomic E-state index is 0. The van der Waals surface area contributed by atoms with Crippen molar-refractivity contribution in [1.82, 2.24) is 15.5 Å². The average molecular weight is 332 g/mol. The van der Waals surface area contributed by atoms with Crippen LogP contribution < -0.4 is 10.6 Å². The van der Waals surface area contributed by atoms with Gasteiger partial charge in [-0.3, -0.25) is 9.59 Å². The standard InChI is InChI=1S/C16H29N3O2.ClH/c1-12-13(2)19(9-8-17-12)16(21)11-18-15(20)10-14-6-4-3-5-7-14;/h12-14,17H,3-11H2,1-2H3,(H,18,20);1H. The normalized spacial score (nSPS) is 26.2. The Kier molecular flexibility index (Phi) is 8.18. The molecule has 128 valence electrons. The van der Waals surface area contributed by atoms with Crippen LogP contribution in [-0.4, -0.2) is 48.4 Å². The molecule has 1 aliphatic heterocycles. The average Bonchev–Trinajstić information content (AvgIpc) is 2.48. The summed E-state index contributed by atoms with van der Waals surface area (Å²) in [5.41, 5.74) is 0. The summed E-state index contributed by atoms with van der Waals surface area (Å²) in [6.07, 6.45) is 6.69. The number of nitrogens with zero attached hydrogens (tertiary/aromatic N) is 1. The zero-order valence-electron chi connectivity index (χ0n) is 13.8. The van der Waals surface area contributed by atoms with Crippen LogP contribution in [0.2, 0.25) is 0 Å². The predicted octanol–water partition coefficient (Wildman–Crippen LogP) is 1.70. The van der Waals surface area contributed by atoms with E-state index in [2.05, 4.69) is 24.5 Å². The highest BCUT2D eigenvalue weighted by atomic mass is 35.5. The first-order valence-corrected chi connectivity index (χ1v) is 8.37. The molecule has 1 saturated carbocycles. The van der Waals surface area contributed by atoms with Crippen LogP contribution in [0.1, 0.15) is 52.4 Å². The summed E-state index contributed by atoms with van der Waals surface area (Å²) in [5, 5.41) is 6.17. The maximum atomic E-state index is 12.2. The predicted molar refractivity (Wildman–Crippen MR) is 90.1 cm³/mol. The van der Waals surface area contributed by atoms with Crippen LogP contribution in [0.3, 0.4) is 0 Å². The summed E-state index contributed by atoms with van der Waals surface area (Å²) in [5.74, 6) is 0.589. The number of piperazine rings is 1. The Morgan fingerprint density at radius 2 is 1.86 bits per heavy atom. The van der Waals surface area contributed by atoms with Gasteiger partial charge in [-0.15, -0.1) is 12.4 Å². The Bertz CT molecular complexity index is 372. The van der Waals surface area contributed by atoms with Crippen LogP contribution in [0.4, 0.5) is 0 Å². The van der Waals surface area contributed by atoms with Crippen molar-refractivity contribution in [2.45, 2.75) is 64.5 Å². The molecule has 1 saturated heterocycles. The van der Waals surface area contributed by atoms with E-state index >= 15 is 0 Å². The van der Waals surface area contributed by atoms with Gasteiger partial charge in [-0.1, -0.05) is 19.3 Å². The first-order chi connectivity index (χ1) is 10.1. The molecular formula is C16H30ClN3O2. The van der Waals surface area contributed by atoms with Gasteiger partial charge in [-0.2, -0.15) is 0 Å². The van der Waals surface area contributed by atoms with E-state index in [0.29, 0.717) is 18.4 Å². The van der Waals surface area contributed by atoms with Crippen molar-refractivity contribution in [2.75, 3.05) is 19.6 Å². The van der Waals surface area contributed by atoms with Gasteiger partial charge in [0.1, 0.15) is 0 Å². The van der Waals surface area contributed by atoms with Crippen molar-refractivity contribution in [1.29, 1.82) is 0 Å². The maximum Gasteiger partial charge on any atom is 0.242 e. The van der Waals surface area contributed by atoms with E-state index in [0.717, 1.165) is 25.9 Å². The molecule has 6 heteroatoms. The minimum atomic E-state index is 0. The van der Waals surface area contributed by atoms with Crippen LogP contribution in [0.5, 0.6) is 0 Å². The van der Waals surface area contributed by atoms with Gasteiger partial charge in [-0.25, -0.2) is 0 Å². The molecule has 0 aromatic carbocycles. The van der Waals surface area contributed by atoms with E-state index in [-0.39, 0.29) is 36.8 Å². The lowest BCUT2D eigenvalue weighted by atomic mass is 9.87. The zero-order valence-corrected chi connectivity index (χ0v) is 14.6. The fourth-order valence-corrected chi connectivity index (χ4v) is 3.41. The molecule has 0 aromatic heterocycles. The highest BCUT2D eigenvalue weighted by Gasteiger charge is 2.28. The molecule has 2 unspecified atom stereocenters. The molecule has 22 heavy (non-hydrogen) atoms. The quantitative estimate of drug-likeness (QED) is 0.824. The van der Waals surface area contributed by atoms with Crippen LogP contribution in [0, 0.1) is 5.92 Å². The second kappa shape index (κ2) is 9.36. The van der Waals surface area contributed by atoms with Crippen molar-refractivity contribution in [3.05, 3.63) is 0 Å². The first kappa shape index (κ1) is 19.2. The molecule has 0 spiro atoms. The molecule has 0 bridgehead atoms. The molecule has 5 nitrogen and oxygen atoms in total. The molecule has 2 aliphatic rings.